The van der Waals surface area contributed by atoms with Crippen LogP contribution in [-0.2, 0) is 0 Å². The Kier molecular flexibility index (Phi) is 5.55. The predicted molar refractivity (Wildman–Crippen MR) is 110 cm³/mol. The van der Waals surface area contributed by atoms with Crippen molar-refractivity contribution >= 4 is 16.9 Å². The first-order valence-corrected chi connectivity index (χ1v) is 9.80. The van der Waals surface area contributed by atoms with Crippen molar-refractivity contribution in [1.82, 2.24) is 15.3 Å². The quantitative estimate of drug-likeness (QED) is 0.665. The number of hydrogen-bond donors (Lipinski definition) is 2. The number of para-hydroxylation sites is 2. The zero-order valence-electron chi connectivity index (χ0n) is 16.6. The minimum Gasteiger partial charge on any atom is -0.493 e. The molecule has 0 bridgehead atoms. The molecule has 7 heteroatoms. The minimum atomic E-state index is -0.0819. The lowest BCUT2D eigenvalue weighted by Gasteiger charge is -2.30. The number of fused-ring (bicyclic) bond motifs is 1. The van der Waals surface area contributed by atoms with Crippen molar-refractivity contribution < 1.29 is 19.0 Å². The van der Waals surface area contributed by atoms with Crippen LogP contribution in [0, 0.1) is 0 Å². The van der Waals surface area contributed by atoms with Gasteiger partial charge in [0.25, 0.3) is 5.91 Å². The standard InChI is InChI=1S/C22H25N3O4/c1-27-18-7-4-8-19(21(18)28-2)29-15-11-9-14(10-12-15)25-22(26)16-5-3-6-17-20(16)24-13-23-17/h3-8,13-15H,9-12H2,1-2H3,(H,23,24)(H,25,26). The number of hydrogen-bond acceptors (Lipinski definition) is 5. The number of carbonyl (C=O) groups is 1. The summed E-state index contributed by atoms with van der Waals surface area (Å²) >= 11 is 0. The van der Waals surface area contributed by atoms with E-state index >= 15 is 0 Å². The van der Waals surface area contributed by atoms with Crippen molar-refractivity contribution in [2.75, 3.05) is 14.2 Å². The molecule has 3 aromatic rings. The first-order chi connectivity index (χ1) is 14.2. The summed E-state index contributed by atoms with van der Waals surface area (Å²) in [5.74, 6) is 1.86. The van der Waals surface area contributed by atoms with Crippen LogP contribution >= 0.6 is 0 Å². The van der Waals surface area contributed by atoms with Crippen LogP contribution in [0.3, 0.4) is 0 Å². The van der Waals surface area contributed by atoms with Gasteiger partial charge in [-0.25, -0.2) is 4.98 Å². The number of amides is 1. The molecule has 0 saturated heterocycles. The number of aromatic nitrogens is 2. The van der Waals surface area contributed by atoms with E-state index in [-0.39, 0.29) is 18.1 Å². The number of ether oxygens (including phenoxy) is 3. The van der Waals surface area contributed by atoms with Gasteiger partial charge in [-0.2, -0.15) is 0 Å². The summed E-state index contributed by atoms with van der Waals surface area (Å²) < 4.78 is 17.0. The van der Waals surface area contributed by atoms with E-state index in [4.69, 9.17) is 14.2 Å². The number of aromatic amines is 1. The molecule has 1 saturated carbocycles. The molecular weight excluding hydrogens is 370 g/mol. The number of rotatable bonds is 6. The third kappa shape index (κ3) is 3.99. The molecule has 0 atom stereocenters. The molecule has 0 spiro atoms. The normalized spacial score (nSPS) is 19.0. The van der Waals surface area contributed by atoms with E-state index in [0.29, 0.717) is 28.3 Å². The first kappa shape index (κ1) is 19.1. The average molecular weight is 395 g/mol. The van der Waals surface area contributed by atoms with Crippen LogP contribution in [0.5, 0.6) is 17.2 Å². The summed E-state index contributed by atoms with van der Waals surface area (Å²) in [5, 5.41) is 3.15. The molecule has 2 N–H and O–H groups in total. The third-order valence-electron chi connectivity index (χ3n) is 5.36. The lowest BCUT2D eigenvalue weighted by Crippen LogP contribution is -2.39. The number of carbonyl (C=O) groups excluding carboxylic acids is 1. The minimum absolute atomic E-state index is 0.0819. The molecule has 1 heterocycles. The van der Waals surface area contributed by atoms with Crippen molar-refractivity contribution in [2.45, 2.75) is 37.8 Å². The van der Waals surface area contributed by atoms with Gasteiger partial charge in [0.2, 0.25) is 5.75 Å². The summed E-state index contributed by atoms with van der Waals surface area (Å²) in [6, 6.07) is 11.3. The van der Waals surface area contributed by atoms with Crippen molar-refractivity contribution in [3.8, 4) is 17.2 Å². The second-order valence-corrected chi connectivity index (χ2v) is 7.16. The molecule has 4 rings (SSSR count). The van der Waals surface area contributed by atoms with E-state index in [1.165, 1.54) is 0 Å². The van der Waals surface area contributed by atoms with Gasteiger partial charge in [-0.15, -0.1) is 0 Å². The molecule has 7 nitrogen and oxygen atoms in total. The number of nitrogens with zero attached hydrogens (tertiary/aromatic N) is 1. The molecule has 29 heavy (non-hydrogen) atoms. The molecule has 0 aliphatic heterocycles. The molecule has 1 fully saturated rings. The van der Waals surface area contributed by atoms with E-state index in [1.54, 1.807) is 20.5 Å². The van der Waals surface area contributed by atoms with Gasteiger partial charge in [-0.3, -0.25) is 4.79 Å². The first-order valence-electron chi connectivity index (χ1n) is 9.80. The maximum absolute atomic E-state index is 12.7. The van der Waals surface area contributed by atoms with Gasteiger partial charge in [0.1, 0.15) is 5.52 Å². The Balaban J connectivity index is 1.35. The fraction of sp³-hybridized carbons (Fsp3) is 0.364. The number of benzene rings is 2. The number of H-pyrrole nitrogens is 1. The van der Waals surface area contributed by atoms with E-state index in [1.807, 2.05) is 36.4 Å². The molecule has 1 aromatic heterocycles. The Bertz CT molecular complexity index is 993. The molecule has 1 amide bonds. The summed E-state index contributed by atoms with van der Waals surface area (Å²) in [5.41, 5.74) is 2.16. The summed E-state index contributed by atoms with van der Waals surface area (Å²) in [4.78, 5) is 20.0. The fourth-order valence-corrected chi connectivity index (χ4v) is 3.87. The molecule has 0 unspecified atom stereocenters. The monoisotopic (exact) mass is 395 g/mol. The van der Waals surface area contributed by atoms with Gasteiger partial charge < -0.3 is 24.5 Å². The average Bonchev–Trinajstić information content (AvgIpc) is 3.23. The molecule has 1 aliphatic rings. The van der Waals surface area contributed by atoms with E-state index in [0.717, 1.165) is 31.2 Å². The van der Waals surface area contributed by atoms with Gasteiger partial charge >= 0.3 is 0 Å². The Morgan fingerprint density at radius 3 is 2.55 bits per heavy atom. The molecule has 152 valence electrons. The summed E-state index contributed by atoms with van der Waals surface area (Å²) in [6.07, 6.45) is 5.13. The second kappa shape index (κ2) is 8.43. The van der Waals surface area contributed by atoms with E-state index in [9.17, 15) is 4.79 Å². The zero-order valence-corrected chi connectivity index (χ0v) is 16.6. The SMILES string of the molecule is COc1cccc(OC2CCC(NC(=O)c3cccc4[nH]cnc34)CC2)c1OC. The number of imidazole rings is 1. The smallest absolute Gasteiger partial charge is 0.253 e. The van der Waals surface area contributed by atoms with Crippen LogP contribution in [0.15, 0.2) is 42.7 Å². The second-order valence-electron chi connectivity index (χ2n) is 7.16. The zero-order chi connectivity index (χ0) is 20.2. The highest BCUT2D eigenvalue weighted by Crippen LogP contribution is 2.38. The van der Waals surface area contributed by atoms with Crippen LogP contribution in [0.2, 0.25) is 0 Å². The van der Waals surface area contributed by atoms with E-state index in [2.05, 4.69) is 15.3 Å². The highest BCUT2D eigenvalue weighted by Gasteiger charge is 2.26. The maximum Gasteiger partial charge on any atom is 0.253 e. The van der Waals surface area contributed by atoms with Crippen molar-refractivity contribution in [1.29, 1.82) is 0 Å². The lowest BCUT2D eigenvalue weighted by atomic mass is 9.92. The molecule has 1 aliphatic carbocycles. The van der Waals surface area contributed by atoms with Crippen molar-refractivity contribution in [2.24, 2.45) is 0 Å². The van der Waals surface area contributed by atoms with Crippen molar-refractivity contribution in [3.05, 3.63) is 48.3 Å². The largest absolute Gasteiger partial charge is 0.493 e. The van der Waals surface area contributed by atoms with Gasteiger partial charge in [0.15, 0.2) is 11.5 Å². The number of nitrogens with one attached hydrogen (secondary N) is 2. The van der Waals surface area contributed by atoms with Crippen LogP contribution in [0.25, 0.3) is 11.0 Å². The summed E-state index contributed by atoms with van der Waals surface area (Å²) in [6.45, 7) is 0. The van der Waals surface area contributed by atoms with Gasteiger partial charge in [0.05, 0.1) is 37.7 Å². The van der Waals surface area contributed by atoms with Crippen LogP contribution in [0.4, 0.5) is 0 Å². The van der Waals surface area contributed by atoms with E-state index < -0.39 is 0 Å². The number of methoxy groups -OCH3 is 2. The van der Waals surface area contributed by atoms with Crippen LogP contribution in [0.1, 0.15) is 36.0 Å². The Morgan fingerprint density at radius 1 is 1.03 bits per heavy atom. The fourth-order valence-electron chi connectivity index (χ4n) is 3.87. The van der Waals surface area contributed by atoms with Crippen LogP contribution < -0.4 is 19.5 Å². The molecule has 0 radical (unpaired) electrons. The lowest BCUT2D eigenvalue weighted by molar-refractivity contribution is 0.0892. The Morgan fingerprint density at radius 2 is 1.79 bits per heavy atom. The van der Waals surface area contributed by atoms with Gasteiger partial charge in [-0.1, -0.05) is 12.1 Å². The predicted octanol–water partition coefficient (Wildman–Crippen LogP) is 3.70. The summed E-state index contributed by atoms with van der Waals surface area (Å²) in [7, 11) is 3.22. The highest BCUT2D eigenvalue weighted by atomic mass is 16.5. The Hall–Kier alpha value is -3.22. The molecule has 2 aromatic carbocycles. The van der Waals surface area contributed by atoms with Crippen molar-refractivity contribution in [3.63, 3.8) is 0 Å². The highest BCUT2D eigenvalue weighted by molar-refractivity contribution is 6.04. The van der Waals surface area contributed by atoms with Gasteiger partial charge in [-0.05, 0) is 49.9 Å². The molecular formula is C22H25N3O4. The maximum atomic E-state index is 12.7. The topological polar surface area (TPSA) is 85.5 Å². The Labute approximate surface area is 169 Å². The van der Waals surface area contributed by atoms with Gasteiger partial charge in [0, 0.05) is 6.04 Å². The third-order valence-corrected chi connectivity index (χ3v) is 5.36. The van der Waals surface area contributed by atoms with Crippen LogP contribution in [-0.4, -0.2) is 42.2 Å².